The molecule has 1 aromatic rings. The first-order valence-electron chi connectivity index (χ1n) is 6.06. The maximum atomic E-state index is 8.61. The minimum Gasteiger partial charge on any atom is -0.492 e. The van der Waals surface area contributed by atoms with Crippen molar-refractivity contribution in [3.05, 3.63) is 29.8 Å². The van der Waals surface area contributed by atoms with Crippen LogP contribution in [0.3, 0.4) is 0 Å². The molecule has 17 heavy (non-hydrogen) atoms. The number of nitrogens with one attached hydrogen (secondary N) is 1. The van der Waals surface area contributed by atoms with Gasteiger partial charge >= 0.3 is 0 Å². The van der Waals surface area contributed by atoms with Crippen LogP contribution in [0.1, 0.15) is 25.3 Å². The molecule has 92 valence electrons. The van der Waals surface area contributed by atoms with Gasteiger partial charge in [-0.25, -0.2) is 0 Å². The van der Waals surface area contributed by atoms with E-state index in [1.807, 2.05) is 31.2 Å². The molecule has 1 N–H and O–H groups in total. The number of aryl methyl sites for hydroxylation is 1. The number of hydrogen-bond donors (Lipinski definition) is 1. The van der Waals surface area contributed by atoms with Crippen molar-refractivity contribution in [3.63, 3.8) is 0 Å². The zero-order chi connectivity index (χ0) is 12.5. The van der Waals surface area contributed by atoms with Crippen molar-refractivity contribution in [1.82, 2.24) is 5.32 Å². The predicted molar refractivity (Wildman–Crippen MR) is 69.0 cm³/mol. The van der Waals surface area contributed by atoms with Gasteiger partial charge in [0.2, 0.25) is 0 Å². The number of hydrogen-bond acceptors (Lipinski definition) is 3. The average Bonchev–Trinajstić information content (AvgIpc) is 2.33. The van der Waals surface area contributed by atoms with Crippen LogP contribution < -0.4 is 10.1 Å². The molecule has 0 amide bonds. The Morgan fingerprint density at radius 2 is 2.29 bits per heavy atom. The van der Waals surface area contributed by atoms with Gasteiger partial charge in [0.05, 0.1) is 12.5 Å². The second-order valence-electron chi connectivity index (χ2n) is 4.09. The Hall–Kier alpha value is -1.53. The summed E-state index contributed by atoms with van der Waals surface area (Å²) < 4.78 is 5.61. The molecule has 0 fully saturated rings. The lowest BCUT2D eigenvalue weighted by Gasteiger charge is -2.13. The molecule has 0 aliphatic heterocycles. The van der Waals surface area contributed by atoms with Crippen LogP contribution in [0.2, 0.25) is 0 Å². The quantitative estimate of drug-likeness (QED) is 0.735. The van der Waals surface area contributed by atoms with Crippen molar-refractivity contribution in [3.8, 4) is 11.8 Å². The third kappa shape index (κ3) is 5.37. The van der Waals surface area contributed by atoms with Gasteiger partial charge in [-0.1, -0.05) is 19.1 Å². The molecular weight excluding hydrogens is 212 g/mol. The van der Waals surface area contributed by atoms with E-state index in [0.29, 0.717) is 13.0 Å². The fraction of sp³-hybridized carbons (Fsp3) is 0.500. The summed E-state index contributed by atoms with van der Waals surface area (Å²) in [6.07, 6.45) is 1.53. The first-order valence-corrected chi connectivity index (χ1v) is 6.06. The Labute approximate surface area is 103 Å². The van der Waals surface area contributed by atoms with Crippen molar-refractivity contribution < 1.29 is 4.74 Å². The van der Waals surface area contributed by atoms with Crippen LogP contribution in [-0.2, 0) is 0 Å². The van der Waals surface area contributed by atoms with E-state index < -0.39 is 0 Å². The van der Waals surface area contributed by atoms with Crippen LogP contribution in [-0.4, -0.2) is 19.2 Å². The van der Waals surface area contributed by atoms with E-state index in [9.17, 15) is 0 Å². The highest BCUT2D eigenvalue weighted by atomic mass is 16.5. The predicted octanol–water partition coefficient (Wildman–Crippen LogP) is 2.66. The lowest BCUT2D eigenvalue weighted by molar-refractivity contribution is 0.304. The molecule has 3 heteroatoms. The van der Waals surface area contributed by atoms with Gasteiger partial charge in [0.1, 0.15) is 12.4 Å². The lowest BCUT2D eigenvalue weighted by atomic mass is 10.2. The summed E-state index contributed by atoms with van der Waals surface area (Å²) in [7, 11) is 0. The van der Waals surface area contributed by atoms with Crippen LogP contribution in [0.5, 0.6) is 5.75 Å². The number of benzene rings is 1. The Bertz CT molecular complexity index is 371. The average molecular weight is 232 g/mol. The SMILES string of the molecule is CCC(CC#N)NCCOc1cccc(C)c1. The Morgan fingerprint density at radius 1 is 1.47 bits per heavy atom. The minimum absolute atomic E-state index is 0.279. The largest absolute Gasteiger partial charge is 0.492 e. The second-order valence-corrected chi connectivity index (χ2v) is 4.09. The molecule has 0 aliphatic carbocycles. The van der Waals surface area contributed by atoms with E-state index in [0.717, 1.165) is 18.7 Å². The molecule has 0 saturated carbocycles. The van der Waals surface area contributed by atoms with Gasteiger partial charge in [0.15, 0.2) is 0 Å². The minimum atomic E-state index is 0.279. The highest BCUT2D eigenvalue weighted by Crippen LogP contribution is 2.11. The summed E-state index contributed by atoms with van der Waals surface area (Å²) >= 11 is 0. The molecular formula is C14H20N2O. The van der Waals surface area contributed by atoms with Crippen molar-refractivity contribution in [2.75, 3.05) is 13.2 Å². The van der Waals surface area contributed by atoms with E-state index in [-0.39, 0.29) is 6.04 Å². The highest BCUT2D eigenvalue weighted by molar-refractivity contribution is 5.27. The van der Waals surface area contributed by atoms with Crippen molar-refractivity contribution >= 4 is 0 Å². The molecule has 0 bridgehead atoms. The summed E-state index contributed by atoms with van der Waals surface area (Å²) in [5.74, 6) is 0.903. The van der Waals surface area contributed by atoms with E-state index in [1.165, 1.54) is 5.56 Å². The van der Waals surface area contributed by atoms with Gasteiger partial charge in [0.25, 0.3) is 0 Å². The molecule has 3 nitrogen and oxygen atoms in total. The third-order valence-electron chi connectivity index (χ3n) is 2.62. The van der Waals surface area contributed by atoms with Crippen molar-refractivity contribution in [2.45, 2.75) is 32.7 Å². The fourth-order valence-corrected chi connectivity index (χ4v) is 1.61. The van der Waals surface area contributed by atoms with Crippen molar-refractivity contribution in [1.29, 1.82) is 5.26 Å². The van der Waals surface area contributed by atoms with Gasteiger partial charge in [-0.3, -0.25) is 0 Å². The highest BCUT2D eigenvalue weighted by Gasteiger charge is 2.03. The van der Waals surface area contributed by atoms with Gasteiger partial charge in [-0.15, -0.1) is 0 Å². The first-order chi connectivity index (χ1) is 8.26. The van der Waals surface area contributed by atoms with Crippen LogP contribution in [0.25, 0.3) is 0 Å². The summed E-state index contributed by atoms with van der Waals surface area (Å²) in [5, 5.41) is 11.9. The number of rotatable bonds is 7. The van der Waals surface area contributed by atoms with Crippen molar-refractivity contribution in [2.24, 2.45) is 0 Å². The lowest BCUT2D eigenvalue weighted by Crippen LogP contribution is -2.31. The molecule has 0 radical (unpaired) electrons. The summed E-state index contributed by atoms with van der Waals surface area (Å²) in [4.78, 5) is 0. The molecule has 1 aromatic carbocycles. The maximum absolute atomic E-state index is 8.61. The molecule has 1 atom stereocenters. The molecule has 1 unspecified atom stereocenters. The molecule has 0 heterocycles. The van der Waals surface area contributed by atoms with E-state index in [4.69, 9.17) is 10.00 Å². The molecule has 0 saturated heterocycles. The van der Waals surface area contributed by atoms with Gasteiger partial charge in [-0.05, 0) is 31.0 Å². The summed E-state index contributed by atoms with van der Waals surface area (Å²) in [6, 6.07) is 10.5. The van der Waals surface area contributed by atoms with E-state index in [1.54, 1.807) is 0 Å². The van der Waals surface area contributed by atoms with E-state index in [2.05, 4.69) is 18.3 Å². The van der Waals surface area contributed by atoms with Crippen LogP contribution in [0.4, 0.5) is 0 Å². The zero-order valence-corrected chi connectivity index (χ0v) is 10.6. The summed E-state index contributed by atoms with van der Waals surface area (Å²) in [5.41, 5.74) is 1.20. The maximum Gasteiger partial charge on any atom is 0.119 e. The Kier molecular flexibility index (Phi) is 6.13. The number of ether oxygens (including phenoxy) is 1. The van der Waals surface area contributed by atoms with Gasteiger partial charge < -0.3 is 10.1 Å². The third-order valence-corrected chi connectivity index (χ3v) is 2.62. The number of nitriles is 1. The zero-order valence-electron chi connectivity index (χ0n) is 10.6. The van der Waals surface area contributed by atoms with Crippen LogP contribution in [0, 0.1) is 18.3 Å². The standard InChI is InChI=1S/C14H20N2O/c1-3-13(7-8-15)16-9-10-17-14-6-4-5-12(2)11-14/h4-6,11,13,16H,3,7,9-10H2,1-2H3. The van der Waals surface area contributed by atoms with Gasteiger partial charge in [0, 0.05) is 12.6 Å². The Morgan fingerprint density at radius 3 is 2.94 bits per heavy atom. The molecule has 1 rings (SSSR count). The molecule has 0 aromatic heterocycles. The Balaban J connectivity index is 2.22. The normalized spacial score (nSPS) is 11.8. The molecule has 0 spiro atoms. The number of nitrogens with zero attached hydrogens (tertiary/aromatic N) is 1. The van der Waals surface area contributed by atoms with Crippen LogP contribution in [0.15, 0.2) is 24.3 Å². The smallest absolute Gasteiger partial charge is 0.119 e. The monoisotopic (exact) mass is 232 g/mol. The summed E-state index contributed by atoms with van der Waals surface area (Å²) in [6.45, 7) is 5.53. The van der Waals surface area contributed by atoms with Gasteiger partial charge in [-0.2, -0.15) is 5.26 Å². The fourth-order valence-electron chi connectivity index (χ4n) is 1.61. The topological polar surface area (TPSA) is 45.0 Å². The first kappa shape index (κ1) is 13.5. The van der Waals surface area contributed by atoms with Crippen LogP contribution >= 0.6 is 0 Å². The molecule has 0 aliphatic rings. The second kappa shape index (κ2) is 7.70. The van der Waals surface area contributed by atoms with E-state index >= 15 is 0 Å².